The summed E-state index contributed by atoms with van der Waals surface area (Å²) in [5.41, 5.74) is 7.68. The van der Waals surface area contributed by atoms with Gasteiger partial charge in [-0.25, -0.2) is 9.97 Å². The van der Waals surface area contributed by atoms with E-state index < -0.39 is 0 Å². The Bertz CT molecular complexity index is 3450. The lowest BCUT2D eigenvalue weighted by Gasteiger charge is -2.12. The van der Waals surface area contributed by atoms with Crippen molar-refractivity contribution in [3.63, 3.8) is 0 Å². The second-order valence-electron chi connectivity index (χ2n) is 13.7. The summed E-state index contributed by atoms with van der Waals surface area (Å²) in [5, 5.41) is 11.2. The molecule has 0 radical (unpaired) electrons. The molecule has 0 aliphatic rings. The Hall–Kier alpha value is -6.40. The van der Waals surface area contributed by atoms with Gasteiger partial charge in [0, 0.05) is 57.4 Å². The van der Waals surface area contributed by atoms with Crippen molar-refractivity contribution >= 4 is 106 Å². The van der Waals surface area contributed by atoms with E-state index in [1.54, 1.807) is 11.3 Å². The van der Waals surface area contributed by atoms with Gasteiger partial charge in [-0.2, -0.15) is 0 Å². The van der Waals surface area contributed by atoms with Crippen LogP contribution in [0, 0.1) is 0 Å². The highest BCUT2D eigenvalue weighted by Crippen LogP contribution is 2.48. The van der Waals surface area contributed by atoms with E-state index >= 15 is 0 Å². The smallest absolute Gasteiger partial charge is 0.235 e. The molecule has 0 saturated heterocycles. The van der Waals surface area contributed by atoms with E-state index in [1.165, 1.54) is 68.3 Å². The van der Waals surface area contributed by atoms with Gasteiger partial charge >= 0.3 is 0 Å². The normalized spacial score (nSPS) is 12.2. The fourth-order valence-electron chi connectivity index (χ4n) is 8.49. The van der Waals surface area contributed by atoms with Gasteiger partial charge in [0.05, 0.1) is 26.9 Å². The topological polar surface area (TPSA) is 30.7 Å². The number of nitrogens with zero attached hydrogens (tertiary/aromatic N) is 3. The van der Waals surface area contributed by atoms with E-state index in [2.05, 4.69) is 168 Å². The Morgan fingerprint density at radius 1 is 0.415 bits per heavy atom. The molecular formula is C48H27N3S2. The Morgan fingerprint density at radius 3 is 1.85 bits per heavy atom. The number of fused-ring (bicyclic) bond motifs is 14. The van der Waals surface area contributed by atoms with Crippen LogP contribution in [0.5, 0.6) is 0 Å². The van der Waals surface area contributed by atoms with Crippen LogP contribution in [0.15, 0.2) is 164 Å². The first kappa shape index (κ1) is 29.2. The van der Waals surface area contributed by atoms with Crippen LogP contribution in [0.1, 0.15) is 0 Å². The van der Waals surface area contributed by atoms with Crippen LogP contribution >= 0.6 is 22.7 Å². The minimum absolute atomic E-state index is 0.685. The maximum atomic E-state index is 5.56. The SMILES string of the molecule is c1ccc2c(-c3ccc(-c4nc(-n5c6ccccc6c6c7c8ccccc8sc7c7ccccc7c65)nc5c4sc4ccccc45)cc3)cccc2c1. The molecule has 0 aliphatic heterocycles. The zero-order valence-corrected chi connectivity index (χ0v) is 29.9. The van der Waals surface area contributed by atoms with E-state index in [1.807, 2.05) is 11.3 Å². The van der Waals surface area contributed by atoms with Gasteiger partial charge in [0.1, 0.15) is 0 Å². The maximum absolute atomic E-state index is 5.56. The predicted octanol–water partition coefficient (Wildman–Crippen LogP) is 13.9. The molecule has 0 bridgehead atoms. The minimum Gasteiger partial charge on any atom is -0.277 e. The first-order chi connectivity index (χ1) is 26.3. The molecule has 5 heteroatoms. The van der Waals surface area contributed by atoms with E-state index in [0.717, 1.165) is 37.9 Å². The molecule has 0 aliphatic carbocycles. The third kappa shape index (κ3) is 4.15. The van der Waals surface area contributed by atoms with Crippen molar-refractivity contribution in [2.24, 2.45) is 0 Å². The summed E-state index contributed by atoms with van der Waals surface area (Å²) in [6, 6.07) is 59.1. The van der Waals surface area contributed by atoms with Crippen LogP contribution < -0.4 is 0 Å². The van der Waals surface area contributed by atoms with Crippen molar-refractivity contribution in [1.82, 2.24) is 14.5 Å². The molecule has 12 aromatic rings. The van der Waals surface area contributed by atoms with Gasteiger partial charge in [0.25, 0.3) is 0 Å². The number of aromatic nitrogens is 3. The molecule has 0 atom stereocenters. The Balaban J connectivity index is 1.19. The average molecular weight is 710 g/mol. The lowest BCUT2D eigenvalue weighted by molar-refractivity contribution is 1.02. The molecule has 4 aromatic heterocycles. The highest BCUT2D eigenvalue weighted by atomic mass is 32.1. The van der Waals surface area contributed by atoms with Crippen molar-refractivity contribution in [2.75, 3.05) is 0 Å². The number of rotatable bonds is 3. The third-order valence-electron chi connectivity index (χ3n) is 10.8. The second kappa shape index (κ2) is 11.1. The molecule has 0 N–H and O–H groups in total. The van der Waals surface area contributed by atoms with Crippen molar-refractivity contribution in [2.45, 2.75) is 0 Å². The number of benzene rings is 8. The largest absolute Gasteiger partial charge is 0.277 e. The van der Waals surface area contributed by atoms with Gasteiger partial charge < -0.3 is 0 Å². The first-order valence-corrected chi connectivity index (χ1v) is 19.5. The Morgan fingerprint density at radius 2 is 1.02 bits per heavy atom. The number of thiophene rings is 2. The van der Waals surface area contributed by atoms with Crippen molar-refractivity contribution in [3.05, 3.63) is 164 Å². The molecule has 0 saturated carbocycles. The lowest BCUT2D eigenvalue weighted by atomic mass is 9.97. The van der Waals surface area contributed by atoms with E-state index in [9.17, 15) is 0 Å². The molecule has 3 nitrogen and oxygen atoms in total. The van der Waals surface area contributed by atoms with Gasteiger partial charge in [-0.05, 0) is 40.1 Å². The summed E-state index contributed by atoms with van der Waals surface area (Å²) >= 11 is 3.66. The molecule has 0 fully saturated rings. The van der Waals surface area contributed by atoms with E-state index in [4.69, 9.17) is 9.97 Å². The average Bonchev–Trinajstić information content (AvgIpc) is 3.91. The van der Waals surface area contributed by atoms with Crippen LogP contribution in [0.4, 0.5) is 0 Å². The highest BCUT2D eigenvalue weighted by Gasteiger charge is 2.24. The summed E-state index contributed by atoms with van der Waals surface area (Å²) in [5.74, 6) is 0.685. The van der Waals surface area contributed by atoms with E-state index in [0.29, 0.717) is 5.95 Å². The zero-order chi connectivity index (χ0) is 34.6. The van der Waals surface area contributed by atoms with Crippen molar-refractivity contribution in [1.29, 1.82) is 0 Å². The van der Waals surface area contributed by atoms with Crippen LogP contribution in [-0.4, -0.2) is 14.5 Å². The molecule has 8 aromatic carbocycles. The molecular weight excluding hydrogens is 683 g/mol. The van der Waals surface area contributed by atoms with Crippen molar-refractivity contribution in [3.8, 4) is 28.3 Å². The van der Waals surface area contributed by atoms with E-state index in [-0.39, 0.29) is 0 Å². The summed E-state index contributed by atoms with van der Waals surface area (Å²) in [7, 11) is 0. The number of para-hydroxylation sites is 1. The standard InChI is InChI=1S/C48H27N3S2/c1-2-14-31-28(12-1)13-11-20-32(31)29-24-26-30(27-25-29)43-47-44(37-19-7-10-23-40(37)53-47)50-48(49-43)51-38-21-8-5-17-35(38)41-42-36-18-6-9-22-39(36)52-46(42)34-16-4-3-15-33(34)45(41)51/h1-27H. The molecule has 53 heavy (non-hydrogen) atoms. The number of hydrogen-bond acceptors (Lipinski definition) is 4. The fraction of sp³-hybridized carbons (Fsp3) is 0. The highest BCUT2D eigenvalue weighted by molar-refractivity contribution is 7.27. The fourth-order valence-corrected chi connectivity index (χ4v) is 10.9. The predicted molar refractivity (Wildman–Crippen MR) is 228 cm³/mol. The van der Waals surface area contributed by atoms with Gasteiger partial charge in [-0.3, -0.25) is 4.57 Å². The Labute approximate surface area is 311 Å². The summed E-state index contributed by atoms with van der Waals surface area (Å²) in [6.45, 7) is 0. The van der Waals surface area contributed by atoms with Crippen LogP contribution in [-0.2, 0) is 0 Å². The third-order valence-corrected chi connectivity index (χ3v) is 13.2. The van der Waals surface area contributed by atoms with Crippen molar-refractivity contribution < 1.29 is 0 Å². The molecule has 4 heterocycles. The molecule has 246 valence electrons. The lowest BCUT2D eigenvalue weighted by Crippen LogP contribution is -2.03. The second-order valence-corrected chi connectivity index (χ2v) is 15.8. The quantitative estimate of drug-likeness (QED) is 0.183. The summed E-state index contributed by atoms with van der Waals surface area (Å²) < 4.78 is 7.27. The molecule has 12 rings (SSSR count). The summed E-state index contributed by atoms with van der Waals surface area (Å²) in [6.07, 6.45) is 0. The monoisotopic (exact) mass is 709 g/mol. The molecule has 0 amide bonds. The van der Waals surface area contributed by atoms with Gasteiger partial charge in [-0.15, -0.1) is 22.7 Å². The van der Waals surface area contributed by atoms with Gasteiger partial charge in [-0.1, -0.05) is 146 Å². The van der Waals surface area contributed by atoms with Crippen LogP contribution in [0.25, 0.3) is 112 Å². The molecule has 0 unspecified atom stereocenters. The zero-order valence-electron chi connectivity index (χ0n) is 28.2. The van der Waals surface area contributed by atoms with Gasteiger partial charge in [0.15, 0.2) is 0 Å². The van der Waals surface area contributed by atoms with Crippen LogP contribution in [0.2, 0.25) is 0 Å². The minimum atomic E-state index is 0.685. The maximum Gasteiger partial charge on any atom is 0.235 e. The first-order valence-electron chi connectivity index (χ1n) is 17.8. The Kier molecular flexibility index (Phi) is 6.09. The molecule has 0 spiro atoms. The van der Waals surface area contributed by atoms with Gasteiger partial charge in [0.2, 0.25) is 5.95 Å². The van der Waals surface area contributed by atoms with Crippen LogP contribution in [0.3, 0.4) is 0 Å². The summed E-state index contributed by atoms with van der Waals surface area (Å²) in [4.78, 5) is 11.1. The number of hydrogen-bond donors (Lipinski definition) is 0.